The molecule has 0 aliphatic heterocycles. The largest absolute Gasteiger partial charge is 0.507 e. The molecule has 0 aliphatic rings. The first-order valence-corrected chi connectivity index (χ1v) is 7.15. The molecule has 0 amide bonds. The van der Waals surface area contributed by atoms with E-state index in [1.165, 1.54) is 24.0 Å². The second-order valence-electron chi connectivity index (χ2n) is 4.95. The van der Waals surface area contributed by atoms with Gasteiger partial charge in [-0.3, -0.25) is 4.99 Å². The minimum absolute atomic E-state index is 0.294. The van der Waals surface area contributed by atoms with Crippen LogP contribution < -0.4 is 0 Å². The van der Waals surface area contributed by atoms with Gasteiger partial charge in [-0.25, -0.2) is 0 Å². The number of aryl methyl sites for hydroxylation is 1. The summed E-state index contributed by atoms with van der Waals surface area (Å²) >= 11 is 0. The normalized spacial score (nSPS) is 11.1. The maximum atomic E-state index is 9.87. The van der Waals surface area contributed by atoms with Gasteiger partial charge in [-0.15, -0.1) is 0 Å². The Hall–Kier alpha value is -2.09. The number of aliphatic imine (C=N–C) groups is 1. The van der Waals surface area contributed by atoms with Crippen LogP contribution in [0.4, 0.5) is 0 Å². The highest BCUT2D eigenvalue weighted by molar-refractivity contribution is 5.83. The quantitative estimate of drug-likeness (QED) is 0.775. The molecule has 0 fully saturated rings. The minimum Gasteiger partial charge on any atom is -0.507 e. The van der Waals surface area contributed by atoms with Gasteiger partial charge in [0.05, 0.1) is 6.54 Å². The Morgan fingerprint density at radius 2 is 1.85 bits per heavy atom. The van der Waals surface area contributed by atoms with Crippen molar-refractivity contribution in [2.75, 3.05) is 0 Å². The van der Waals surface area contributed by atoms with E-state index in [1.807, 2.05) is 30.3 Å². The van der Waals surface area contributed by atoms with Gasteiger partial charge in [-0.1, -0.05) is 49.7 Å². The number of unbranched alkanes of at least 4 members (excludes halogenated alkanes) is 1. The Labute approximate surface area is 120 Å². The van der Waals surface area contributed by atoms with Crippen molar-refractivity contribution in [3.63, 3.8) is 0 Å². The van der Waals surface area contributed by atoms with E-state index in [-0.39, 0.29) is 0 Å². The van der Waals surface area contributed by atoms with Gasteiger partial charge in [-0.05, 0) is 36.1 Å². The molecular formula is C18H21NO. The molecule has 0 heterocycles. The lowest BCUT2D eigenvalue weighted by atomic mass is 10.1. The van der Waals surface area contributed by atoms with Crippen molar-refractivity contribution in [1.29, 1.82) is 0 Å². The second-order valence-corrected chi connectivity index (χ2v) is 4.95. The van der Waals surface area contributed by atoms with Crippen molar-refractivity contribution < 1.29 is 5.11 Å². The van der Waals surface area contributed by atoms with Crippen LogP contribution in [0.2, 0.25) is 0 Å². The Morgan fingerprint density at radius 3 is 2.60 bits per heavy atom. The van der Waals surface area contributed by atoms with Crippen molar-refractivity contribution in [2.24, 2.45) is 4.99 Å². The summed E-state index contributed by atoms with van der Waals surface area (Å²) in [5.74, 6) is 0.294. The van der Waals surface area contributed by atoms with Crippen LogP contribution in [0.3, 0.4) is 0 Å². The molecule has 0 bridgehead atoms. The average Bonchev–Trinajstić information content (AvgIpc) is 2.49. The van der Waals surface area contributed by atoms with E-state index in [2.05, 4.69) is 24.0 Å². The highest BCUT2D eigenvalue weighted by atomic mass is 16.3. The Morgan fingerprint density at radius 1 is 1.05 bits per heavy atom. The SMILES string of the molecule is CCCCc1ccc(O)c(C=NCc2ccccc2)c1. The van der Waals surface area contributed by atoms with Crippen molar-refractivity contribution in [3.8, 4) is 5.75 Å². The molecule has 2 rings (SSSR count). The third-order valence-electron chi connectivity index (χ3n) is 3.26. The lowest BCUT2D eigenvalue weighted by Gasteiger charge is -2.04. The molecule has 0 radical (unpaired) electrons. The fourth-order valence-corrected chi connectivity index (χ4v) is 2.08. The van der Waals surface area contributed by atoms with Gasteiger partial charge in [0, 0.05) is 11.8 Å². The van der Waals surface area contributed by atoms with Gasteiger partial charge in [0.15, 0.2) is 0 Å². The summed E-state index contributed by atoms with van der Waals surface area (Å²) in [5.41, 5.74) is 3.23. The Bertz CT molecular complexity index is 561. The summed E-state index contributed by atoms with van der Waals surface area (Å²) in [5, 5.41) is 9.87. The molecule has 0 aromatic heterocycles. The van der Waals surface area contributed by atoms with E-state index in [1.54, 1.807) is 12.3 Å². The van der Waals surface area contributed by atoms with Gasteiger partial charge in [0.25, 0.3) is 0 Å². The molecule has 20 heavy (non-hydrogen) atoms. The predicted molar refractivity (Wildman–Crippen MR) is 84.5 cm³/mol. The number of hydrogen-bond acceptors (Lipinski definition) is 2. The van der Waals surface area contributed by atoms with Gasteiger partial charge < -0.3 is 5.11 Å². The lowest BCUT2D eigenvalue weighted by molar-refractivity contribution is 0.474. The first-order valence-electron chi connectivity index (χ1n) is 7.15. The molecule has 0 aliphatic carbocycles. The highest BCUT2D eigenvalue weighted by Gasteiger charge is 2.00. The monoisotopic (exact) mass is 267 g/mol. The molecule has 0 atom stereocenters. The standard InChI is InChI=1S/C18H21NO/c1-2-3-7-15-10-11-18(20)17(12-15)14-19-13-16-8-5-4-6-9-16/h4-6,8-12,14,20H,2-3,7,13H2,1H3. The molecule has 0 saturated carbocycles. The van der Waals surface area contributed by atoms with E-state index in [9.17, 15) is 5.11 Å². The number of benzene rings is 2. The van der Waals surface area contributed by atoms with Gasteiger partial charge in [0.2, 0.25) is 0 Å². The van der Waals surface area contributed by atoms with E-state index in [0.29, 0.717) is 12.3 Å². The highest BCUT2D eigenvalue weighted by Crippen LogP contribution is 2.18. The smallest absolute Gasteiger partial charge is 0.124 e. The number of phenols is 1. The molecule has 2 nitrogen and oxygen atoms in total. The average molecular weight is 267 g/mol. The van der Waals surface area contributed by atoms with E-state index in [4.69, 9.17) is 0 Å². The van der Waals surface area contributed by atoms with Crippen molar-refractivity contribution in [3.05, 3.63) is 65.2 Å². The molecule has 2 aromatic rings. The summed E-state index contributed by atoms with van der Waals surface area (Å²) < 4.78 is 0. The van der Waals surface area contributed by atoms with Crippen LogP contribution in [-0.2, 0) is 13.0 Å². The van der Waals surface area contributed by atoms with Crippen molar-refractivity contribution in [1.82, 2.24) is 0 Å². The first kappa shape index (κ1) is 14.3. The number of rotatable bonds is 6. The van der Waals surface area contributed by atoms with Gasteiger partial charge in [-0.2, -0.15) is 0 Å². The molecule has 2 aromatic carbocycles. The van der Waals surface area contributed by atoms with Crippen LogP contribution in [0.5, 0.6) is 5.75 Å². The summed E-state index contributed by atoms with van der Waals surface area (Å²) in [6, 6.07) is 15.9. The first-order chi connectivity index (χ1) is 9.79. The minimum atomic E-state index is 0.294. The molecule has 104 valence electrons. The third kappa shape index (κ3) is 4.23. The van der Waals surface area contributed by atoms with Crippen LogP contribution in [0.15, 0.2) is 53.5 Å². The van der Waals surface area contributed by atoms with Gasteiger partial charge >= 0.3 is 0 Å². The maximum absolute atomic E-state index is 9.87. The summed E-state index contributed by atoms with van der Waals surface area (Å²) in [7, 11) is 0. The van der Waals surface area contributed by atoms with Gasteiger partial charge in [0.1, 0.15) is 5.75 Å². The molecule has 0 spiro atoms. The summed E-state index contributed by atoms with van der Waals surface area (Å²) in [6.07, 6.45) is 5.16. The molecular weight excluding hydrogens is 246 g/mol. The van der Waals surface area contributed by atoms with Crippen molar-refractivity contribution >= 4 is 6.21 Å². The fourth-order valence-electron chi connectivity index (χ4n) is 2.08. The van der Waals surface area contributed by atoms with E-state index in [0.717, 1.165) is 12.0 Å². The van der Waals surface area contributed by atoms with Crippen LogP contribution in [0, 0.1) is 0 Å². The number of hydrogen-bond donors (Lipinski definition) is 1. The molecule has 1 N–H and O–H groups in total. The lowest BCUT2D eigenvalue weighted by Crippen LogP contribution is -1.90. The number of nitrogens with zero attached hydrogens (tertiary/aromatic N) is 1. The number of phenolic OH excluding ortho intramolecular Hbond substituents is 1. The maximum Gasteiger partial charge on any atom is 0.124 e. The van der Waals surface area contributed by atoms with Crippen LogP contribution >= 0.6 is 0 Å². The van der Waals surface area contributed by atoms with Crippen LogP contribution in [0.1, 0.15) is 36.5 Å². The Balaban J connectivity index is 2.04. The zero-order valence-corrected chi connectivity index (χ0v) is 11.9. The van der Waals surface area contributed by atoms with E-state index < -0.39 is 0 Å². The Kier molecular flexibility index (Phi) is 5.36. The van der Waals surface area contributed by atoms with E-state index >= 15 is 0 Å². The zero-order chi connectivity index (χ0) is 14.2. The summed E-state index contributed by atoms with van der Waals surface area (Å²) in [6.45, 7) is 2.82. The fraction of sp³-hybridized carbons (Fsp3) is 0.278. The third-order valence-corrected chi connectivity index (χ3v) is 3.26. The number of aromatic hydroxyl groups is 1. The predicted octanol–water partition coefficient (Wildman–Crippen LogP) is 4.35. The molecule has 2 heteroatoms. The molecule has 0 unspecified atom stereocenters. The topological polar surface area (TPSA) is 32.6 Å². The second kappa shape index (κ2) is 7.49. The van der Waals surface area contributed by atoms with Crippen LogP contribution in [-0.4, -0.2) is 11.3 Å². The van der Waals surface area contributed by atoms with Crippen LogP contribution in [0.25, 0.3) is 0 Å². The van der Waals surface area contributed by atoms with Crippen molar-refractivity contribution in [2.45, 2.75) is 32.7 Å². The summed E-state index contributed by atoms with van der Waals surface area (Å²) in [4.78, 5) is 4.41. The zero-order valence-electron chi connectivity index (χ0n) is 11.9. The molecule has 0 saturated heterocycles.